The molecule has 2 rings (SSSR count). The predicted octanol–water partition coefficient (Wildman–Crippen LogP) is 3.61. The number of hydrogen-bond acceptors (Lipinski definition) is 3. The van der Waals surface area contributed by atoms with Crippen molar-refractivity contribution in [1.82, 2.24) is 4.98 Å². The molecule has 1 N–H and O–H groups in total. The number of nitrogens with zero attached hydrogens (tertiary/aromatic N) is 1. The number of nitrogens with one attached hydrogen (secondary N) is 1. The summed E-state index contributed by atoms with van der Waals surface area (Å²) in [6.07, 6.45) is 1.43. The lowest BCUT2D eigenvalue weighted by Gasteiger charge is -2.11. The van der Waals surface area contributed by atoms with E-state index in [0.717, 1.165) is 5.56 Å². The topological polar surface area (TPSA) is 59.1 Å². The molecule has 0 radical (unpaired) electrons. The van der Waals surface area contributed by atoms with Gasteiger partial charge in [0.2, 0.25) is 0 Å². The van der Waals surface area contributed by atoms with Crippen molar-refractivity contribution in [2.75, 3.05) is 4.72 Å². The van der Waals surface area contributed by atoms with E-state index in [1.165, 1.54) is 18.3 Å². The predicted molar refractivity (Wildman–Crippen MR) is 78.9 cm³/mol. The number of aromatic nitrogens is 1. The Bertz CT molecular complexity index is 719. The van der Waals surface area contributed by atoms with Crippen molar-refractivity contribution >= 4 is 43.2 Å². The van der Waals surface area contributed by atoms with Crippen LogP contribution in [-0.2, 0) is 10.0 Å². The molecule has 1 heterocycles. The summed E-state index contributed by atoms with van der Waals surface area (Å²) in [7, 11) is -3.76. The van der Waals surface area contributed by atoms with Crippen LogP contribution in [0.15, 0.2) is 45.9 Å². The minimum atomic E-state index is -3.76. The summed E-state index contributed by atoms with van der Waals surface area (Å²) >= 11 is 9.10. The lowest BCUT2D eigenvalue weighted by Crippen LogP contribution is -2.14. The van der Waals surface area contributed by atoms with Crippen LogP contribution in [0.25, 0.3) is 0 Å². The second-order valence-corrected chi connectivity index (χ2v) is 6.74. The average Bonchev–Trinajstić information content (AvgIpc) is 2.34. The van der Waals surface area contributed by atoms with Crippen molar-refractivity contribution in [3.63, 3.8) is 0 Å². The summed E-state index contributed by atoms with van der Waals surface area (Å²) in [6.45, 7) is 1.88. The summed E-state index contributed by atoms with van der Waals surface area (Å²) in [6, 6.07) is 8.30. The van der Waals surface area contributed by atoms with Crippen LogP contribution in [0.3, 0.4) is 0 Å². The molecule has 1 aromatic heterocycles. The molecule has 4 nitrogen and oxygen atoms in total. The van der Waals surface area contributed by atoms with Crippen molar-refractivity contribution in [1.29, 1.82) is 0 Å². The van der Waals surface area contributed by atoms with E-state index in [9.17, 15) is 8.42 Å². The zero-order valence-corrected chi connectivity index (χ0v) is 13.1. The fourth-order valence-electron chi connectivity index (χ4n) is 1.49. The number of pyridine rings is 1. The number of sulfonamides is 1. The van der Waals surface area contributed by atoms with Crippen LogP contribution >= 0.6 is 27.5 Å². The van der Waals surface area contributed by atoms with Crippen LogP contribution in [0.4, 0.5) is 5.69 Å². The molecule has 2 aromatic rings. The van der Waals surface area contributed by atoms with E-state index in [2.05, 4.69) is 25.6 Å². The number of aryl methyl sites for hydroxylation is 1. The molecule has 1 aromatic carbocycles. The maximum Gasteiger partial charge on any atom is 0.265 e. The van der Waals surface area contributed by atoms with E-state index >= 15 is 0 Å². The van der Waals surface area contributed by atoms with E-state index in [-0.39, 0.29) is 10.0 Å². The highest BCUT2D eigenvalue weighted by Crippen LogP contribution is 2.27. The largest absolute Gasteiger partial charge is 0.278 e. The average molecular weight is 362 g/mol. The molecule has 0 aliphatic heterocycles. The van der Waals surface area contributed by atoms with Gasteiger partial charge < -0.3 is 0 Å². The Hall–Kier alpha value is -1.11. The molecule has 19 heavy (non-hydrogen) atoms. The first-order chi connectivity index (χ1) is 8.90. The number of benzene rings is 1. The molecule has 0 saturated heterocycles. The van der Waals surface area contributed by atoms with Crippen molar-refractivity contribution in [3.8, 4) is 0 Å². The minimum absolute atomic E-state index is 0.0509. The summed E-state index contributed by atoms with van der Waals surface area (Å²) in [4.78, 5) is 3.71. The monoisotopic (exact) mass is 360 g/mol. The van der Waals surface area contributed by atoms with Crippen molar-refractivity contribution in [3.05, 3.63) is 51.7 Å². The molecule has 0 atom stereocenters. The van der Waals surface area contributed by atoms with Crippen molar-refractivity contribution in [2.45, 2.75) is 11.8 Å². The zero-order chi connectivity index (χ0) is 14.0. The molecule has 0 fully saturated rings. The number of anilines is 1. The number of halogens is 2. The maximum atomic E-state index is 12.2. The minimum Gasteiger partial charge on any atom is -0.278 e. The Balaban J connectivity index is 2.43. The Labute approximate surface area is 125 Å². The summed E-state index contributed by atoms with van der Waals surface area (Å²) in [5.74, 6) is 0. The Morgan fingerprint density at radius 2 is 2.05 bits per heavy atom. The summed E-state index contributed by atoms with van der Waals surface area (Å²) in [5.41, 5.74) is 1.40. The Morgan fingerprint density at radius 1 is 1.32 bits per heavy atom. The lowest BCUT2D eigenvalue weighted by atomic mass is 10.2. The maximum absolute atomic E-state index is 12.2. The van der Waals surface area contributed by atoms with Gasteiger partial charge in [-0.25, -0.2) is 13.4 Å². The molecular weight excluding hydrogens is 352 g/mol. The molecule has 7 heteroatoms. The SMILES string of the molecule is Cc1ccc(Br)c(NS(=O)(=O)c2cccnc2Cl)c1. The van der Waals surface area contributed by atoms with Crippen LogP contribution in [-0.4, -0.2) is 13.4 Å². The van der Waals surface area contributed by atoms with Gasteiger partial charge in [0.1, 0.15) is 10.0 Å². The fourth-order valence-corrected chi connectivity index (χ4v) is 3.49. The van der Waals surface area contributed by atoms with Crippen LogP contribution < -0.4 is 4.72 Å². The van der Waals surface area contributed by atoms with Gasteiger partial charge in [-0.1, -0.05) is 17.7 Å². The van der Waals surface area contributed by atoms with E-state index in [4.69, 9.17) is 11.6 Å². The van der Waals surface area contributed by atoms with Gasteiger partial charge in [-0.2, -0.15) is 0 Å². The Kier molecular flexibility index (Phi) is 4.13. The molecule has 0 aliphatic rings. The lowest BCUT2D eigenvalue weighted by molar-refractivity contribution is 0.601. The second kappa shape index (κ2) is 5.48. The normalized spacial score (nSPS) is 11.3. The quantitative estimate of drug-likeness (QED) is 0.850. The van der Waals surface area contributed by atoms with Crippen molar-refractivity contribution < 1.29 is 8.42 Å². The Morgan fingerprint density at radius 3 is 2.74 bits per heavy atom. The van der Waals surface area contributed by atoms with Gasteiger partial charge in [-0.05, 0) is 52.7 Å². The van der Waals surface area contributed by atoms with E-state index < -0.39 is 10.0 Å². The smallest absolute Gasteiger partial charge is 0.265 e. The third kappa shape index (κ3) is 3.26. The summed E-state index contributed by atoms with van der Waals surface area (Å²) in [5, 5.41) is -0.0567. The third-order valence-corrected chi connectivity index (χ3v) is 4.88. The van der Waals surface area contributed by atoms with Crippen molar-refractivity contribution in [2.24, 2.45) is 0 Å². The number of hydrogen-bond donors (Lipinski definition) is 1. The van der Waals surface area contributed by atoms with E-state index in [1.807, 2.05) is 13.0 Å². The van der Waals surface area contributed by atoms with Crippen LogP contribution in [0.1, 0.15) is 5.56 Å². The second-order valence-electron chi connectivity index (χ2n) is 3.88. The molecule has 100 valence electrons. The molecule has 0 amide bonds. The third-order valence-electron chi connectivity index (χ3n) is 2.38. The highest BCUT2D eigenvalue weighted by atomic mass is 79.9. The van der Waals surface area contributed by atoms with Gasteiger partial charge in [0, 0.05) is 10.7 Å². The fraction of sp³-hybridized carbons (Fsp3) is 0.0833. The summed E-state index contributed by atoms with van der Waals surface area (Å²) < 4.78 is 27.6. The highest BCUT2D eigenvalue weighted by molar-refractivity contribution is 9.10. The van der Waals surface area contributed by atoms with E-state index in [1.54, 1.807) is 12.1 Å². The van der Waals surface area contributed by atoms with Crippen LogP contribution in [0.5, 0.6) is 0 Å². The van der Waals surface area contributed by atoms with Gasteiger partial charge in [0.15, 0.2) is 0 Å². The molecule has 0 spiro atoms. The van der Waals surface area contributed by atoms with Crippen LogP contribution in [0.2, 0.25) is 5.15 Å². The molecular formula is C12H10BrClN2O2S. The zero-order valence-electron chi connectivity index (χ0n) is 9.89. The first-order valence-electron chi connectivity index (χ1n) is 5.29. The van der Waals surface area contributed by atoms with Gasteiger partial charge in [0.25, 0.3) is 10.0 Å². The highest BCUT2D eigenvalue weighted by Gasteiger charge is 2.19. The van der Waals surface area contributed by atoms with Crippen LogP contribution in [0, 0.1) is 6.92 Å². The molecule has 0 saturated carbocycles. The first-order valence-corrected chi connectivity index (χ1v) is 7.95. The first kappa shape index (κ1) is 14.3. The molecule has 0 aliphatic carbocycles. The van der Waals surface area contributed by atoms with Gasteiger partial charge >= 0.3 is 0 Å². The van der Waals surface area contributed by atoms with Gasteiger partial charge in [0.05, 0.1) is 5.69 Å². The molecule has 0 unspecified atom stereocenters. The standard InChI is InChI=1S/C12H10BrClN2O2S/c1-8-4-5-9(13)10(7-8)16-19(17,18)11-3-2-6-15-12(11)14/h2-7,16H,1H3. The van der Waals surface area contributed by atoms with E-state index in [0.29, 0.717) is 10.2 Å². The van der Waals surface area contributed by atoms with Gasteiger partial charge in [-0.15, -0.1) is 0 Å². The molecule has 0 bridgehead atoms. The number of rotatable bonds is 3. The van der Waals surface area contributed by atoms with Gasteiger partial charge in [-0.3, -0.25) is 4.72 Å².